The first kappa shape index (κ1) is 18.0. The molecule has 5 heteroatoms. The summed E-state index contributed by atoms with van der Waals surface area (Å²) in [5, 5.41) is 5.72. The summed E-state index contributed by atoms with van der Waals surface area (Å²) >= 11 is 0. The maximum Gasteiger partial charge on any atom is 0.253 e. The Hall–Kier alpha value is -2.82. The number of amides is 2. The van der Waals surface area contributed by atoms with Crippen molar-refractivity contribution in [1.82, 2.24) is 5.32 Å². The van der Waals surface area contributed by atoms with E-state index in [1.807, 2.05) is 26.0 Å². The lowest BCUT2D eigenvalue weighted by Gasteiger charge is -2.32. The van der Waals surface area contributed by atoms with Gasteiger partial charge in [-0.2, -0.15) is 0 Å². The highest BCUT2D eigenvalue weighted by atomic mass is 16.2. The van der Waals surface area contributed by atoms with Crippen LogP contribution in [0.1, 0.15) is 42.3 Å². The Morgan fingerprint density at radius 2 is 1.81 bits per heavy atom. The summed E-state index contributed by atoms with van der Waals surface area (Å²) in [7, 11) is 0. The van der Waals surface area contributed by atoms with Crippen LogP contribution in [0.4, 0.5) is 11.4 Å². The molecule has 136 valence electrons. The van der Waals surface area contributed by atoms with E-state index >= 15 is 0 Å². The number of benzene rings is 2. The Balaban J connectivity index is 1.95. The van der Waals surface area contributed by atoms with Gasteiger partial charge < -0.3 is 15.5 Å². The van der Waals surface area contributed by atoms with Gasteiger partial charge in [0.05, 0.1) is 5.56 Å². The Morgan fingerprint density at radius 1 is 1.08 bits per heavy atom. The monoisotopic (exact) mass is 351 g/mol. The predicted octanol–water partition coefficient (Wildman–Crippen LogP) is 3.35. The van der Waals surface area contributed by atoms with E-state index in [-0.39, 0.29) is 17.9 Å². The highest BCUT2D eigenvalue weighted by molar-refractivity contribution is 6.02. The lowest BCUT2D eigenvalue weighted by Crippen LogP contribution is -2.35. The molecule has 0 aromatic heterocycles. The van der Waals surface area contributed by atoms with Gasteiger partial charge in [0.25, 0.3) is 5.91 Å². The van der Waals surface area contributed by atoms with Crippen molar-refractivity contribution in [2.24, 2.45) is 0 Å². The average Bonchev–Trinajstić information content (AvgIpc) is 2.60. The molecule has 2 amide bonds. The van der Waals surface area contributed by atoms with Crippen LogP contribution in [0.25, 0.3) is 0 Å². The summed E-state index contributed by atoms with van der Waals surface area (Å²) in [6.07, 6.45) is 0.953. The van der Waals surface area contributed by atoms with Gasteiger partial charge in [-0.3, -0.25) is 9.59 Å². The van der Waals surface area contributed by atoms with Gasteiger partial charge in [-0.1, -0.05) is 24.3 Å². The van der Waals surface area contributed by atoms with Crippen molar-refractivity contribution in [2.45, 2.75) is 39.8 Å². The van der Waals surface area contributed by atoms with E-state index < -0.39 is 0 Å². The molecule has 0 saturated heterocycles. The molecule has 3 rings (SSSR count). The van der Waals surface area contributed by atoms with Crippen LogP contribution in [0, 0.1) is 0 Å². The second-order valence-electron chi connectivity index (χ2n) is 6.98. The van der Waals surface area contributed by atoms with Crippen molar-refractivity contribution in [3.8, 4) is 0 Å². The molecule has 2 N–H and O–H groups in total. The minimum Gasteiger partial charge on any atom is -0.366 e. The third kappa shape index (κ3) is 4.04. The summed E-state index contributed by atoms with van der Waals surface area (Å²) in [6.45, 7) is 6.97. The third-order valence-corrected chi connectivity index (χ3v) is 4.45. The zero-order valence-corrected chi connectivity index (χ0v) is 15.5. The van der Waals surface area contributed by atoms with Crippen molar-refractivity contribution < 1.29 is 9.59 Å². The van der Waals surface area contributed by atoms with Crippen LogP contribution < -0.4 is 15.5 Å². The summed E-state index contributed by atoms with van der Waals surface area (Å²) in [5.74, 6) is -0.277. The SMILES string of the molecule is CC(=O)Nc1ccc(N2CCc3ccccc3C2)c(C(=O)NC(C)C)c1. The van der Waals surface area contributed by atoms with E-state index in [9.17, 15) is 9.59 Å². The number of anilines is 2. The fraction of sp³-hybridized carbons (Fsp3) is 0.333. The molecule has 2 aromatic rings. The average molecular weight is 351 g/mol. The Labute approximate surface area is 154 Å². The normalized spacial score (nSPS) is 13.3. The topological polar surface area (TPSA) is 61.4 Å². The van der Waals surface area contributed by atoms with Crippen LogP contribution >= 0.6 is 0 Å². The highest BCUT2D eigenvalue weighted by Gasteiger charge is 2.22. The molecule has 0 fully saturated rings. The van der Waals surface area contributed by atoms with Gasteiger partial charge in [-0.25, -0.2) is 0 Å². The van der Waals surface area contributed by atoms with Gasteiger partial charge in [0.1, 0.15) is 0 Å². The molecule has 2 aromatic carbocycles. The minimum absolute atomic E-state index is 0.0434. The van der Waals surface area contributed by atoms with Gasteiger partial charge in [0.15, 0.2) is 0 Å². The first-order chi connectivity index (χ1) is 12.4. The molecule has 0 unspecified atom stereocenters. The van der Waals surface area contributed by atoms with E-state index in [1.165, 1.54) is 18.1 Å². The lowest BCUT2D eigenvalue weighted by molar-refractivity contribution is -0.114. The highest BCUT2D eigenvalue weighted by Crippen LogP contribution is 2.29. The summed E-state index contributed by atoms with van der Waals surface area (Å²) in [6, 6.07) is 14.0. The van der Waals surface area contributed by atoms with Gasteiger partial charge in [0, 0.05) is 37.4 Å². The molecule has 26 heavy (non-hydrogen) atoms. The summed E-state index contributed by atoms with van der Waals surface area (Å²) in [4.78, 5) is 26.4. The number of carbonyl (C=O) groups excluding carboxylic acids is 2. The van der Waals surface area contributed by atoms with Crippen LogP contribution in [0.5, 0.6) is 0 Å². The fourth-order valence-electron chi connectivity index (χ4n) is 3.32. The summed E-state index contributed by atoms with van der Waals surface area (Å²) in [5.41, 5.74) is 4.77. The largest absolute Gasteiger partial charge is 0.366 e. The zero-order valence-electron chi connectivity index (χ0n) is 15.5. The van der Waals surface area contributed by atoms with Crippen LogP contribution in [0.2, 0.25) is 0 Å². The van der Waals surface area contributed by atoms with E-state index in [0.717, 1.165) is 25.2 Å². The molecule has 1 aliphatic heterocycles. The lowest BCUT2D eigenvalue weighted by atomic mass is 9.98. The number of rotatable bonds is 4. The number of carbonyl (C=O) groups is 2. The van der Waals surface area contributed by atoms with E-state index in [0.29, 0.717) is 11.3 Å². The molecular weight excluding hydrogens is 326 g/mol. The maximum atomic E-state index is 12.8. The number of fused-ring (bicyclic) bond motifs is 1. The number of hydrogen-bond donors (Lipinski definition) is 2. The number of nitrogens with one attached hydrogen (secondary N) is 2. The summed E-state index contributed by atoms with van der Waals surface area (Å²) < 4.78 is 0. The van der Waals surface area contributed by atoms with Gasteiger partial charge >= 0.3 is 0 Å². The molecule has 0 aliphatic carbocycles. The van der Waals surface area contributed by atoms with Gasteiger partial charge in [0.2, 0.25) is 5.91 Å². The van der Waals surface area contributed by atoms with Crippen molar-refractivity contribution in [3.63, 3.8) is 0 Å². The number of hydrogen-bond acceptors (Lipinski definition) is 3. The third-order valence-electron chi connectivity index (χ3n) is 4.45. The second-order valence-corrected chi connectivity index (χ2v) is 6.98. The molecule has 0 bridgehead atoms. The molecule has 0 atom stereocenters. The van der Waals surface area contributed by atoms with Crippen LogP contribution in [0.3, 0.4) is 0 Å². The molecular formula is C21H25N3O2. The molecule has 1 aliphatic rings. The van der Waals surface area contributed by atoms with Crippen molar-refractivity contribution in [1.29, 1.82) is 0 Å². The van der Waals surface area contributed by atoms with E-state index in [2.05, 4.69) is 39.8 Å². The van der Waals surface area contributed by atoms with Crippen LogP contribution in [0.15, 0.2) is 42.5 Å². The minimum atomic E-state index is -0.153. The van der Waals surface area contributed by atoms with E-state index in [1.54, 1.807) is 6.07 Å². The number of nitrogens with zero attached hydrogens (tertiary/aromatic N) is 1. The molecule has 0 saturated carbocycles. The smallest absolute Gasteiger partial charge is 0.253 e. The van der Waals surface area contributed by atoms with Crippen molar-refractivity contribution >= 4 is 23.2 Å². The Kier molecular flexibility index (Phi) is 5.26. The predicted molar refractivity (Wildman–Crippen MR) is 105 cm³/mol. The van der Waals surface area contributed by atoms with Crippen LogP contribution in [-0.4, -0.2) is 24.4 Å². The first-order valence-electron chi connectivity index (χ1n) is 8.98. The molecule has 1 heterocycles. The Morgan fingerprint density at radius 3 is 2.50 bits per heavy atom. The molecule has 0 radical (unpaired) electrons. The first-order valence-corrected chi connectivity index (χ1v) is 8.98. The fourth-order valence-corrected chi connectivity index (χ4v) is 3.32. The zero-order chi connectivity index (χ0) is 18.7. The second kappa shape index (κ2) is 7.60. The van der Waals surface area contributed by atoms with Crippen molar-refractivity contribution in [2.75, 3.05) is 16.8 Å². The standard InChI is InChI=1S/C21H25N3O2/c1-14(2)22-21(26)19-12-18(23-15(3)25)8-9-20(19)24-11-10-16-6-4-5-7-17(16)13-24/h4-9,12,14H,10-11,13H2,1-3H3,(H,22,26)(H,23,25). The quantitative estimate of drug-likeness (QED) is 0.888. The van der Waals surface area contributed by atoms with Crippen molar-refractivity contribution in [3.05, 3.63) is 59.2 Å². The maximum absolute atomic E-state index is 12.8. The molecule has 5 nitrogen and oxygen atoms in total. The van der Waals surface area contributed by atoms with Gasteiger partial charge in [-0.05, 0) is 49.6 Å². The molecule has 0 spiro atoms. The van der Waals surface area contributed by atoms with Crippen LogP contribution in [-0.2, 0) is 17.8 Å². The van der Waals surface area contributed by atoms with E-state index in [4.69, 9.17) is 0 Å². The Bertz CT molecular complexity index is 830. The van der Waals surface area contributed by atoms with Gasteiger partial charge in [-0.15, -0.1) is 0 Å².